The molecule has 0 aromatic carbocycles. The molecule has 0 bridgehead atoms. The summed E-state index contributed by atoms with van der Waals surface area (Å²) in [6, 6.07) is 1.45. The molecular weight excluding hydrogens is 513 g/mol. The van der Waals surface area contributed by atoms with Gasteiger partial charge in [0.05, 0.1) is 30.4 Å². The molecule has 2 aromatic heterocycles. The summed E-state index contributed by atoms with van der Waals surface area (Å²) in [5.74, 6) is 1.97. The van der Waals surface area contributed by atoms with Gasteiger partial charge in [0.25, 0.3) is 0 Å². The number of aliphatic hydroxyl groups is 2. The Morgan fingerprint density at radius 3 is 2.52 bits per heavy atom. The van der Waals surface area contributed by atoms with E-state index in [1.165, 1.54) is 23.0 Å². The molecule has 1 fully saturated rings. The molecule has 2 aromatic rings. The van der Waals surface area contributed by atoms with Gasteiger partial charge in [-0.2, -0.15) is 13.7 Å². The molecule has 6 atom stereocenters. The van der Waals surface area contributed by atoms with Crippen LogP contribution in [0.2, 0.25) is 0 Å². The number of fused-ring (bicyclic) bond motifs is 1. The number of nitrogens with two attached hydrogens (primary N) is 1. The standard InChI is InChI=1S/C13H17N4O13P3/c1-2-13(19)10(18)9(6-27-32(23,24)30-33(25,26)29-31(20,21)22)28-11(13)8-5-15-12-7(14)3-4-16-17(8)12/h1,3-5,9-11,18-19H,6,14H2,(H,23,24)(H,25,26)(H2,20,21,22)/t9-,10-,11+,13-/m1/s1. The van der Waals surface area contributed by atoms with Crippen molar-refractivity contribution < 1.29 is 61.4 Å². The summed E-state index contributed by atoms with van der Waals surface area (Å²) >= 11 is 0. The highest BCUT2D eigenvalue weighted by Crippen LogP contribution is 2.66. The Labute approximate surface area is 184 Å². The van der Waals surface area contributed by atoms with Crippen LogP contribution in [-0.4, -0.2) is 68.8 Å². The summed E-state index contributed by atoms with van der Waals surface area (Å²) in [7, 11) is -16.8. The molecule has 33 heavy (non-hydrogen) atoms. The highest BCUT2D eigenvalue weighted by molar-refractivity contribution is 7.66. The second-order valence-electron chi connectivity index (χ2n) is 6.56. The zero-order chi connectivity index (χ0) is 24.8. The van der Waals surface area contributed by atoms with Crippen molar-refractivity contribution in [3.63, 3.8) is 0 Å². The lowest BCUT2D eigenvalue weighted by atomic mass is 9.90. The number of hydrogen-bond acceptors (Lipinski definition) is 12. The highest BCUT2D eigenvalue weighted by atomic mass is 31.3. The van der Waals surface area contributed by atoms with E-state index in [9.17, 15) is 33.7 Å². The van der Waals surface area contributed by atoms with Gasteiger partial charge >= 0.3 is 23.5 Å². The van der Waals surface area contributed by atoms with Gasteiger partial charge in [0.15, 0.2) is 11.2 Å². The Kier molecular flexibility index (Phi) is 6.91. The quantitative estimate of drug-likeness (QED) is 0.156. The van der Waals surface area contributed by atoms with Gasteiger partial charge in [0.2, 0.25) is 0 Å². The Balaban J connectivity index is 1.79. The maximum absolute atomic E-state index is 11.9. The van der Waals surface area contributed by atoms with Crippen molar-refractivity contribution in [2.24, 2.45) is 0 Å². The van der Waals surface area contributed by atoms with Crippen LogP contribution in [0, 0.1) is 12.3 Å². The molecule has 0 saturated carbocycles. The number of ether oxygens (including phenoxy) is 1. The zero-order valence-electron chi connectivity index (χ0n) is 16.1. The van der Waals surface area contributed by atoms with Gasteiger partial charge in [-0.15, -0.1) is 6.42 Å². The lowest BCUT2D eigenvalue weighted by molar-refractivity contribution is -0.0364. The minimum atomic E-state index is -5.75. The van der Waals surface area contributed by atoms with Crippen molar-refractivity contribution in [1.29, 1.82) is 0 Å². The second-order valence-corrected chi connectivity index (χ2v) is 11.0. The van der Waals surface area contributed by atoms with E-state index in [-0.39, 0.29) is 17.0 Å². The number of terminal acetylenes is 1. The predicted octanol–water partition coefficient (Wildman–Crippen LogP) is -1.18. The fourth-order valence-corrected chi connectivity index (χ4v) is 5.99. The smallest absolute Gasteiger partial charge is 0.396 e. The highest BCUT2D eigenvalue weighted by Gasteiger charge is 2.57. The van der Waals surface area contributed by atoms with Crippen LogP contribution in [0.1, 0.15) is 11.8 Å². The van der Waals surface area contributed by atoms with Crippen LogP contribution >= 0.6 is 23.5 Å². The molecule has 1 aliphatic rings. The van der Waals surface area contributed by atoms with E-state index in [1.807, 2.05) is 5.92 Å². The Morgan fingerprint density at radius 2 is 1.91 bits per heavy atom. The molecule has 0 aliphatic carbocycles. The molecule has 8 N–H and O–H groups in total. The minimum absolute atomic E-state index is 0.0534. The number of rotatable bonds is 8. The molecular formula is C13H17N4O13P3. The first kappa shape index (κ1) is 25.9. The van der Waals surface area contributed by atoms with Gasteiger partial charge in [0, 0.05) is 0 Å². The third-order valence-corrected chi connectivity index (χ3v) is 8.09. The molecule has 1 saturated heterocycles. The zero-order valence-corrected chi connectivity index (χ0v) is 18.7. The first-order chi connectivity index (χ1) is 15.1. The van der Waals surface area contributed by atoms with Crippen LogP contribution in [0.3, 0.4) is 0 Å². The van der Waals surface area contributed by atoms with Crippen LogP contribution in [0.15, 0.2) is 18.5 Å². The Hall–Kier alpha value is -1.73. The van der Waals surface area contributed by atoms with E-state index in [1.54, 1.807) is 0 Å². The van der Waals surface area contributed by atoms with E-state index in [2.05, 4.69) is 23.2 Å². The largest absolute Gasteiger partial charge is 0.490 e. The molecule has 0 amide bonds. The number of nitrogen functional groups attached to an aromatic ring is 1. The number of imidazole rings is 1. The van der Waals surface area contributed by atoms with Crippen LogP contribution in [0.5, 0.6) is 0 Å². The number of hydrogen-bond donors (Lipinski definition) is 7. The average Bonchev–Trinajstić information content (AvgIpc) is 3.18. The first-order valence-electron chi connectivity index (χ1n) is 8.49. The van der Waals surface area contributed by atoms with Crippen LogP contribution in [-0.2, 0) is 31.6 Å². The first-order valence-corrected chi connectivity index (χ1v) is 13.0. The lowest BCUT2D eigenvalue weighted by Gasteiger charge is -2.25. The monoisotopic (exact) mass is 530 g/mol. The van der Waals surface area contributed by atoms with Gasteiger partial charge in [-0.3, -0.25) is 4.52 Å². The van der Waals surface area contributed by atoms with E-state index >= 15 is 0 Å². The van der Waals surface area contributed by atoms with E-state index in [0.717, 1.165) is 0 Å². The van der Waals surface area contributed by atoms with Crippen molar-refractivity contribution in [3.8, 4) is 12.3 Å². The molecule has 3 rings (SSSR count). The van der Waals surface area contributed by atoms with Crippen LogP contribution in [0.4, 0.5) is 5.69 Å². The van der Waals surface area contributed by atoms with E-state index in [0.29, 0.717) is 0 Å². The lowest BCUT2D eigenvalue weighted by Crippen LogP contribution is -2.44. The molecule has 0 radical (unpaired) electrons. The third-order valence-electron chi connectivity index (χ3n) is 4.29. The SMILES string of the molecule is C#C[C@@]1(O)[C@H](O)[C@@H](COP(=O)(O)OP(=O)(O)OP(=O)(O)O)O[C@H]1c1cnc2c(N)ccnn12. The number of anilines is 1. The van der Waals surface area contributed by atoms with E-state index < -0.39 is 54.0 Å². The average molecular weight is 530 g/mol. The second kappa shape index (κ2) is 8.81. The van der Waals surface area contributed by atoms with Crippen LogP contribution < -0.4 is 5.73 Å². The molecule has 2 unspecified atom stereocenters. The number of aromatic nitrogens is 3. The minimum Gasteiger partial charge on any atom is -0.396 e. The fourth-order valence-electron chi connectivity index (χ4n) is 2.96. The van der Waals surface area contributed by atoms with Gasteiger partial charge < -0.3 is 40.3 Å². The maximum Gasteiger partial charge on any atom is 0.490 e. The Bertz CT molecular complexity index is 1240. The summed E-state index contributed by atoms with van der Waals surface area (Å²) in [4.78, 5) is 39.8. The molecule has 3 heterocycles. The third kappa shape index (κ3) is 5.51. The topological polar surface area (TPSA) is 266 Å². The van der Waals surface area contributed by atoms with Gasteiger partial charge in [-0.1, -0.05) is 5.92 Å². The van der Waals surface area contributed by atoms with Crippen molar-refractivity contribution in [1.82, 2.24) is 14.6 Å². The van der Waals surface area contributed by atoms with Crippen molar-refractivity contribution in [3.05, 3.63) is 24.2 Å². The molecule has 1 aliphatic heterocycles. The summed E-state index contributed by atoms with van der Waals surface area (Å²) in [5.41, 5.74) is 3.85. The van der Waals surface area contributed by atoms with Gasteiger partial charge in [0.1, 0.15) is 18.3 Å². The number of phosphoric ester groups is 1. The maximum atomic E-state index is 11.9. The number of phosphoric acid groups is 3. The summed E-state index contributed by atoms with van der Waals surface area (Å²) in [6.45, 7) is -1.04. The predicted molar refractivity (Wildman–Crippen MR) is 105 cm³/mol. The molecule has 0 spiro atoms. The van der Waals surface area contributed by atoms with Crippen molar-refractivity contribution in [2.45, 2.75) is 23.9 Å². The normalized spacial score (nSPS) is 29.4. The number of aliphatic hydroxyl groups excluding tert-OH is 1. The Morgan fingerprint density at radius 1 is 1.24 bits per heavy atom. The van der Waals surface area contributed by atoms with Gasteiger partial charge in [-0.05, 0) is 6.07 Å². The number of nitrogens with zero attached hydrogens (tertiary/aromatic N) is 3. The molecule has 182 valence electrons. The molecule has 17 nitrogen and oxygen atoms in total. The summed E-state index contributed by atoms with van der Waals surface area (Å²) in [6.07, 6.45) is 2.88. The molecule has 20 heteroatoms. The summed E-state index contributed by atoms with van der Waals surface area (Å²) < 4.78 is 52.2. The van der Waals surface area contributed by atoms with Crippen molar-refractivity contribution >= 4 is 34.8 Å². The fraction of sp³-hybridized carbons (Fsp3) is 0.385. The van der Waals surface area contributed by atoms with E-state index in [4.69, 9.17) is 26.7 Å². The van der Waals surface area contributed by atoms with Crippen LogP contribution in [0.25, 0.3) is 5.65 Å². The van der Waals surface area contributed by atoms with Gasteiger partial charge in [-0.25, -0.2) is 23.2 Å². The van der Waals surface area contributed by atoms with Crippen molar-refractivity contribution in [2.75, 3.05) is 12.3 Å². The summed E-state index contributed by atoms with van der Waals surface area (Å²) in [5, 5.41) is 25.3.